The number of phenols is 1. The van der Waals surface area contributed by atoms with Crippen molar-refractivity contribution in [1.29, 1.82) is 0 Å². The number of hydrogen-bond donors (Lipinski definition) is 3. The van der Waals surface area contributed by atoms with Crippen molar-refractivity contribution in [3.63, 3.8) is 0 Å². The first-order chi connectivity index (χ1) is 31.4. The van der Waals surface area contributed by atoms with Crippen LogP contribution in [0.15, 0.2) is 67.5 Å². The predicted molar refractivity (Wildman–Crippen MR) is 295 cm³/mol. The minimum atomic E-state index is -1.16. The lowest BCUT2D eigenvalue weighted by Crippen LogP contribution is -2.62. The number of esters is 1. The monoisotopic (exact) mass is 1040 g/mol. The number of fused-ring (bicyclic) bond motifs is 6. The van der Waals surface area contributed by atoms with Crippen molar-refractivity contribution in [2.45, 2.75) is 97.9 Å². The van der Waals surface area contributed by atoms with Gasteiger partial charge in [0.1, 0.15) is 23.9 Å². The molecule has 2 aromatic heterocycles. The van der Waals surface area contributed by atoms with Crippen molar-refractivity contribution < 1.29 is 33.8 Å². The molecule has 2 saturated heterocycles. The molecule has 6 bridgehead atoms. The maximum atomic E-state index is 14.7. The van der Waals surface area contributed by atoms with E-state index in [0.717, 1.165) is 51.0 Å². The minimum absolute atomic E-state index is 0. The third-order valence-electron chi connectivity index (χ3n) is 13.1. The molecule has 3 N–H and O–H groups in total. The van der Waals surface area contributed by atoms with Gasteiger partial charge in [-0.2, -0.15) is 54.0 Å². The Bertz CT molecular complexity index is 2530. The van der Waals surface area contributed by atoms with Crippen LogP contribution in [-0.2, 0) is 54.6 Å². The Kier molecular flexibility index (Phi) is 21.4. The molecule has 3 aliphatic rings. The molecule has 15 nitrogen and oxygen atoms in total. The number of aromatic hydroxyl groups is 1. The van der Waals surface area contributed by atoms with E-state index in [9.17, 15) is 29.1 Å². The van der Waals surface area contributed by atoms with Crippen LogP contribution in [0.4, 0.5) is 0 Å². The molecular formula is C51H74N8O7S4. The van der Waals surface area contributed by atoms with E-state index in [2.05, 4.69) is 70.7 Å². The van der Waals surface area contributed by atoms with Crippen molar-refractivity contribution in [3.8, 4) is 28.1 Å². The molecule has 0 unspecified atom stereocenters. The van der Waals surface area contributed by atoms with Gasteiger partial charge in [0.15, 0.2) is 0 Å². The van der Waals surface area contributed by atoms with E-state index in [1.165, 1.54) is 16.0 Å². The van der Waals surface area contributed by atoms with Crippen molar-refractivity contribution >= 4 is 94.5 Å². The van der Waals surface area contributed by atoms with Gasteiger partial charge in [-0.15, -0.1) is 0 Å². The number of amides is 4. The summed E-state index contributed by atoms with van der Waals surface area (Å²) in [7, 11) is 5.65. The standard InChI is InChI=1S/C51H66N8O7.4H2S/c1-10-44(61)57-18-16-35(29-57)48(63)56(9)45(31(3)4)47(62)53-42-22-32-19-36(23-38(60)21-32)34-14-15-43-39(24-34)40(46(58(43)11-2)37-20-33(26-52-27-37)28-55(7)8)25-51(5,6)30-66-50(65)41-13-12-17-59(54-41)49(42)64;;;;/h10,14-15,19-21,23-24,26-27,31,35,41-42,45,54,60H,1,11-13,16-18,22,25,28-30H2,2-9H3,(H,53,62);4*1H2/t35-,41-,42-,45-;;;;/m0..../s1. The van der Waals surface area contributed by atoms with Crippen LogP contribution in [-0.4, -0.2) is 129 Å². The fourth-order valence-corrected chi connectivity index (χ4v) is 10.0. The predicted octanol–water partition coefficient (Wildman–Crippen LogP) is 5.77. The normalized spacial score (nSPS) is 19.4. The second-order valence-electron chi connectivity index (χ2n) is 19.7. The number of benzene rings is 2. The Morgan fingerprint density at radius 1 is 0.986 bits per heavy atom. The summed E-state index contributed by atoms with van der Waals surface area (Å²) in [4.78, 5) is 79.1. The summed E-state index contributed by atoms with van der Waals surface area (Å²) in [5.41, 5.74) is 10.0. The van der Waals surface area contributed by atoms with Crippen LogP contribution < -0.4 is 10.7 Å². The second-order valence-corrected chi connectivity index (χ2v) is 19.7. The number of phenolic OH excluding ortho intramolecular Hbond substituents is 1. The molecule has 19 heteroatoms. The number of aromatic nitrogens is 2. The van der Waals surface area contributed by atoms with E-state index in [1.54, 1.807) is 24.1 Å². The zero-order valence-electron chi connectivity index (χ0n) is 41.7. The number of aryl methyl sites for hydroxylation is 1. The van der Waals surface area contributed by atoms with Crippen LogP contribution in [0, 0.1) is 17.3 Å². The molecule has 70 heavy (non-hydrogen) atoms. The highest BCUT2D eigenvalue weighted by atomic mass is 32.1. The number of carbonyl (C=O) groups excluding carboxylic acids is 5. The zero-order valence-corrected chi connectivity index (χ0v) is 45.7. The van der Waals surface area contributed by atoms with Crippen LogP contribution in [0.2, 0.25) is 0 Å². The topological polar surface area (TPSA) is 170 Å². The minimum Gasteiger partial charge on any atom is -0.508 e. The van der Waals surface area contributed by atoms with E-state index < -0.39 is 47.2 Å². The largest absolute Gasteiger partial charge is 0.508 e. The number of rotatable bonds is 10. The number of likely N-dealkylation sites (tertiary alicyclic amines) is 1. The fourth-order valence-electron chi connectivity index (χ4n) is 10.0. The van der Waals surface area contributed by atoms with Gasteiger partial charge in [-0.05, 0) is 117 Å². The Morgan fingerprint density at radius 2 is 1.71 bits per heavy atom. The molecule has 4 aromatic rings. The number of hydrogen-bond acceptors (Lipinski definition) is 10. The fraction of sp³-hybridized carbons (Fsp3) is 0.490. The Morgan fingerprint density at radius 3 is 2.39 bits per heavy atom. The number of nitrogens with zero attached hydrogens (tertiary/aromatic N) is 6. The molecule has 0 saturated carbocycles. The molecule has 0 aliphatic carbocycles. The lowest BCUT2D eigenvalue weighted by atomic mass is 9.84. The summed E-state index contributed by atoms with van der Waals surface area (Å²) in [6, 6.07) is 10.8. The highest BCUT2D eigenvalue weighted by Gasteiger charge is 2.40. The molecule has 4 atom stereocenters. The van der Waals surface area contributed by atoms with Gasteiger partial charge >= 0.3 is 5.97 Å². The van der Waals surface area contributed by atoms with Gasteiger partial charge in [-0.3, -0.25) is 34.0 Å². The highest BCUT2D eigenvalue weighted by Crippen LogP contribution is 2.41. The van der Waals surface area contributed by atoms with E-state index in [-0.39, 0.29) is 104 Å². The molecule has 5 heterocycles. The van der Waals surface area contributed by atoms with Crippen molar-refractivity contribution in [2.24, 2.45) is 17.3 Å². The number of cyclic esters (lactones) is 1. The smallest absolute Gasteiger partial charge is 0.324 e. The lowest BCUT2D eigenvalue weighted by Gasteiger charge is -2.37. The van der Waals surface area contributed by atoms with Crippen molar-refractivity contribution in [1.82, 2.24) is 40.0 Å². The number of likely N-dealkylation sites (N-methyl/N-ethyl adjacent to an activating group) is 1. The first-order valence-corrected chi connectivity index (χ1v) is 23.2. The second kappa shape index (κ2) is 25.1. The summed E-state index contributed by atoms with van der Waals surface area (Å²) >= 11 is 0. The first-order valence-electron chi connectivity index (χ1n) is 23.2. The van der Waals surface area contributed by atoms with E-state index in [0.29, 0.717) is 44.3 Å². The van der Waals surface area contributed by atoms with Gasteiger partial charge in [-0.1, -0.05) is 46.4 Å². The zero-order chi connectivity index (χ0) is 47.6. The van der Waals surface area contributed by atoms with Crippen LogP contribution in [0.1, 0.15) is 70.6 Å². The number of ether oxygens (including phenoxy) is 1. The third-order valence-corrected chi connectivity index (χ3v) is 13.1. The van der Waals surface area contributed by atoms with Gasteiger partial charge in [-0.25, -0.2) is 5.43 Å². The number of hydrazine groups is 1. The van der Waals surface area contributed by atoms with E-state index in [1.807, 2.05) is 52.5 Å². The maximum Gasteiger partial charge on any atom is 0.324 e. The molecule has 0 radical (unpaired) electrons. The molecule has 4 amide bonds. The van der Waals surface area contributed by atoms with Crippen LogP contribution in [0.25, 0.3) is 33.3 Å². The molecule has 2 fully saturated rings. The van der Waals surface area contributed by atoms with Crippen LogP contribution in [0.3, 0.4) is 0 Å². The van der Waals surface area contributed by atoms with Crippen LogP contribution in [0.5, 0.6) is 5.75 Å². The van der Waals surface area contributed by atoms with Gasteiger partial charge < -0.3 is 34.4 Å². The Balaban J connectivity index is 0.00000324. The molecule has 384 valence electrons. The van der Waals surface area contributed by atoms with Gasteiger partial charge in [0.05, 0.1) is 18.2 Å². The summed E-state index contributed by atoms with van der Waals surface area (Å²) in [5, 5.41) is 16.7. The number of pyridine rings is 1. The average molecular weight is 1040 g/mol. The quantitative estimate of drug-likeness (QED) is 0.131. The number of carbonyl (C=O) groups is 5. The SMILES string of the molecule is C=CC(=O)N1CC[C@H](C(=O)N(C)[C@H](C(=O)N[C@H]2Cc3cc(O)cc(c3)-c3ccc4c(c3)c(c(-c3cncc(CN(C)C)c3)n4CC)CC(C)(C)COC(=O)[C@@H]3CCCN(N3)C2=O)C(C)C)C1.S.S.S.S. The Labute approximate surface area is 440 Å². The number of nitrogens with one attached hydrogen (secondary N) is 2. The molecule has 2 aromatic carbocycles. The van der Waals surface area contributed by atoms with Crippen LogP contribution >= 0.6 is 54.0 Å². The van der Waals surface area contributed by atoms with E-state index >= 15 is 0 Å². The van der Waals surface area contributed by atoms with Crippen molar-refractivity contribution in [3.05, 3.63) is 84.2 Å². The Hall–Kier alpha value is -4.66. The molecule has 7 rings (SSSR count). The summed E-state index contributed by atoms with van der Waals surface area (Å²) in [6.45, 7) is 16.0. The molecule has 0 spiro atoms. The molecule has 3 aliphatic heterocycles. The van der Waals surface area contributed by atoms with Crippen molar-refractivity contribution in [2.75, 3.05) is 47.4 Å². The highest BCUT2D eigenvalue weighted by molar-refractivity contribution is 7.59. The first kappa shape index (κ1) is 59.6. The average Bonchev–Trinajstić information content (AvgIpc) is 3.89. The summed E-state index contributed by atoms with van der Waals surface area (Å²) in [6.07, 6.45) is 7.02. The van der Waals surface area contributed by atoms with Gasteiger partial charge in [0.2, 0.25) is 17.7 Å². The van der Waals surface area contributed by atoms with E-state index in [4.69, 9.17) is 4.74 Å². The third kappa shape index (κ3) is 13.2. The lowest BCUT2D eigenvalue weighted by molar-refractivity contribution is -0.155. The summed E-state index contributed by atoms with van der Waals surface area (Å²) < 4.78 is 8.41. The molecular weight excluding hydrogens is 965 g/mol. The van der Waals surface area contributed by atoms with Gasteiger partial charge in [0, 0.05) is 80.5 Å². The summed E-state index contributed by atoms with van der Waals surface area (Å²) in [5.74, 6) is -2.82. The van der Waals surface area contributed by atoms with Gasteiger partial charge in [0.25, 0.3) is 5.91 Å². The maximum absolute atomic E-state index is 14.7.